The van der Waals surface area contributed by atoms with Crippen molar-refractivity contribution >= 4 is 43.8 Å². The number of rotatable bonds is 8. The van der Waals surface area contributed by atoms with E-state index in [2.05, 4.69) is 44.1 Å². The topological polar surface area (TPSA) is 71.3 Å². The number of benzene rings is 2. The van der Waals surface area contributed by atoms with E-state index < -0.39 is 0 Å². The number of ether oxygens (including phenoxy) is 2. The van der Waals surface area contributed by atoms with Crippen molar-refractivity contribution in [1.29, 1.82) is 5.26 Å². The molecule has 0 bridgehead atoms. The van der Waals surface area contributed by atoms with Gasteiger partial charge in [0.05, 0.1) is 11.1 Å². The minimum Gasteiger partial charge on any atom is -0.490 e. The number of nitriles is 1. The smallest absolute Gasteiger partial charge is 0.262 e. The van der Waals surface area contributed by atoms with Gasteiger partial charge in [-0.25, -0.2) is 0 Å². The third-order valence-electron chi connectivity index (χ3n) is 5.73. The summed E-state index contributed by atoms with van der Waals surface area (Å²) in [5, 5.41) is 12.7. The minimum absolute atomic E-state index is 0.0747. The van der Waals surface area contributed by atoms with Crippen LogP contribution in [0.25, 0.3) is 6.08 Å². The molecule has 0 saturated heterocycles. The van der Waals surface area contributed by atoms with E-state index in [0.29, 0.717) is 40.7 Å². The molecule has 0 unspecified atom stereocenters. The summed E-state index contributed by atoms with van der Waals surface area (Å²) in [4.78, 5) is 12.8. The SMILES string of the molecule is CCOc1cc(/C=C(\C#N)C(=O)N[C@H]2CCCC[C@@H]2C)cc(Br)c1OCc1ccc(Br)cc1. The first-order valence-electron chi connectivity index (χ1n) is 11.2. The Morgan fingerprint density at radius 3 is 2.58 bits per heavy atom. The third-order valence-corrected chi connectivity index (χ3v) is 6.85. The molecule has 3 rings (SSSR count). The second-order valence-electron chi connectivity index (χ2n) is 8.19. The van der Waals surface area contributed by atoms with Gasteiger partial charge in [-0.05, 0) is 83.1 Å². The number of carbonyl (C=O) groups is 1. The summed E-state index contributed by atoms with van der Waals surface area (Å²) in [5.74, 6) is 1.22. The number of halogens is 2. The van der Waals surface area contributed by atoms with Crippen molar-refractivity contribution in [3.05, 3.63) is 62.0 Å². The van der Waals surface area contributed by atoms with Gasteiger partial charge in [-0.15, -0.1) is 0 Å². The van der Waals surface area contributed by atoms with Crippen LogP contribution >= 0.6 is 31.9 Å². The lowest BCUT2D eigenvalue weighted by molar-refractivity contribution is -0.118. The zero-order valence-electron chi connectivity index (χ0n) is 18.9. The summed E-state index contributed by atoms with van der Waals surface area (Å²) < 4.78 is 13.5. The molecule has 1 fully saturated rings. The lowest BCUT2D eigenvalue weighted by Gasteiger charge is -2.29. The Labute approximate surface area is 212 Å². The fraction of sp³-hybridized carbons (Fsp3) is 0.385. The molecule has 0 spiro atoms. The molecule has 1 N–H and O–H groups in total. The number of amides is 1. The first kappa shape index (κ1) is 25.3. The quantitative estimate of drug-likeness (QED) is 0.278. The number of hydrogen-bond acceptors (Lipinski definition) is 4. The molecule has 33 heavy (non-hydrogen) atoms. The summed E-state index contributed by atoms with van der Waals surface area (Å²) in [6.07, 6.45) is 5.94. The van der Waals surface area contributed by atoms with E-state index >= 15 is 0 Å². The Balaban J connectivity index is 1.79. The fourth-order valence-corrected chi connectivity index (χ4v) is 4.74. The molecule has 0 radical (unpaired) electrons. The molecule has 0 aliphatic heterocycles. The Bertz CT molecular complexity index is 1040. The molecule has 5 nitrogen and oxygen atoms in total. The molecular formula is C26H28Br2N2O3. The van der Waals surface area contributed by atoms with E-state index in [-0.39, 0.29) is 17.5 Å². The number of nitrogens with zero attached hydrogens (tertiary/aromatic N) is 1. The summed E-state index contributed by atoms with van der Waals surface area (Å²) >= 11 is 7.00. The summed E-state index contributed by atoms with van der Waals surface area (Å²) in [6.45, 7) is 4.89. The number of carbonyl (C=O) groups excluding carboxylic acids is 1. The van der Waals surface area contributed by atoms with Gasteiger partial charge in [-0.3, -0.25) is 4.79 Å². The maximum absolute atomic E-state index is 12.8. The second kappa shape index (κ2) is 12.2. The highest BCUT2D eigenvalue weighted by molar-refractivity contribution is 9.10. The van der Waals surface area contributed by atoms with E-state index in [4.69, 9.17) is 9.47 Å². The van der Waals surface area contributed by atoms with E-state index in [0.717, 1.165) is 29.3 Å². The standard InChI is InChI=1S/C26H28Br2N2O3/c1-3-32-24-14-19(12-20(15-29)26(31)30-23-7-5-4-6-17(23)2)13-22(28)25(24)33-16-18-8-10-21(27)11-9-18/h8-14,17,23H,3-7,16H2,1-2H3,(H,30,31)/b20-12+/t17-,23-/m0/s1. The first-order chi connectivity index (χ1) is 15.9. The average Bonchev–Trinajstić information content (AvgIpc) is 2.79. The van der Waals surface area contributed by atoms with Crippen LogP contribution in [0, 0.1) is 17.2 Å². The van der Waals surface area contributed by atoms with Gasteiger partial charge in [-0.2, -0.15) is 5.26 Å². The van der Waals surface area contributed by atoms with Crippen LogP contribution in [0.4, 0.5) is 0 Å². The van der Waals surface area contributed by atoms with Crippen LogP contribution < -0.4 is 14.8 Å². The molecule has 2 aromatic carbocycles. The fourth-order valence-electron chi connectivity index (χ4n) is 3.90. The van der Waals surface area contributed by atoms with Gasteiger partial charge in [0.1, 0.15) is 18.2 Å². The lowest BCUT2D eigenvalue weighted by Crippen LogP contribution is -2.41. The molecule has 1 aliphatic carbocycles. The Kier molecular flexibility index (Phi) is 9.40. The van der Waals surface area contributed by atoms with Crippen molar-refractivity contribution < 1.29 is 14.3 Å². The van der Waals surface area contributed by atoms with Gasteiger partial charge in [-0.1, -0.05) is 47.8 Å². The molecule has 0 heterocycles. The minimum atomic E-state index is -0.333. The van der Waals surface area contributed by atoms with E-state index in [1.165, 1.54) is 6.42 Å². The summed E-state index contributed by atoms with van der Waals surface area (Å²) in [7, 11) is 0. The summed E-state index contributed by atoms with van der Waals surface area (Å²) in [5.41, 5.74) is 1.78. The molecule has 1 saturated carbocycles. The Morgan fingerprint density at radius 2 is 1.91 bits per heavy atom. The molecule has 2 atom stereocenters. The third kappa shape index (κ3) is 7.09. The van der Waals surface area contributed by atoms with Crippen LogP contribution in [0.15, 0.2) is 50.9 Å². The van der Waals surface area contributed by atoms with Crippen LogP contribution in [-0.4, -0.2) is 18.6 Å². The number of hydrogen-bond donors (Lipinski definition) is 1. The van der Waals surface area contributed by atoms with Crippen LogP contribution in [0.1, 0.15) is 50.7 Å². The zero-order valence-corrected chi connectivity index (χ0v) is 22.0. The maximum atomic E-state index is 12.8. The highest BCUT2D eigenvalue weighted by Crippen LogP contribution is 2.38. The molecule has 0 aromatic heterocycles. The largest absolute Gasteiger partial charge is 0.490 e. The molecule has 1 aliphatic rings. The normalized spacial score (nSPS) is 18.3. The van der Waals surface area contributed by atoms with Crippen molar-refractivity contribution in [3.63, 3.8) is 0 Å². The van der Waals surface area contributed by atoms with Gasteiger partial charge < -0.3 is 14.8 Å². The van der Waals surface area contributed by atoms with Crippen molar-refractivity contribution in [1.82, 2.24) is 5.32 Å². The van der Waals surface area contributed by atoms with E-state index in [1.807, 2.05) is 43.3 Å². The average molecular weight is 576 g/mol. The number of nitrogens with one attached hydrogen (secondary N) is 1. The molecule has 1 amide bonds. The van der Waals surface area contributed by atoms with Crippen molar-refractivity contribution in [2.24, 2.45) is 5.92 Å². The first-order valence-corrected chi connectivity index (χ1v) is 12.8. The molecular weight excluding hydrogens is 548 g/mol. The van der Waals surface area contributed by atoms with E-state index in [9.17, 15) is 10.1 Å². The summed E-state index contributed by atoms with van der Waals surface area (Å²) in [6, 6.07) is 13.7. The van der Waals surface area contributed by atoms with Crippen LogP contribution in [0.2, 0.25) is 0 Å². The zero-order chi connectivity index (χ0) is 23.8. The molecule has 174 valence electrons. The van der Waals surface area contributed by atoms with Gasteiger partial charge in [0, 0.05) is 10.5 Å². The monoisotopic (exact) mass is 574 g/mol. The van der Waals surface area contributed by atoms with Crippen LogP contribution in [0.3, 0.4) is 0 Å². The van der Waals surface area contributed by atoms with Crippen LogP contribution in [-0.2, 0) is 11.4 Å². The van der Waals surface area contributed by atoms with Gasteiger partial charge in [0.25, 0.3) is 5.91 Å². The predicted molar refractivity (Wildman–Crippen MR) is 137 cm³/mol. The van der Waals surface area contributed by atoms with Crippen molar-refractivity contribution in [2.75, 3.05) is 6.61 Å². The Hall–Kier alpha value is -2.30. The molecule has 2 aromatic rings. The predicted octanol–water partition coefficient (Wildman–Crippen LogP) is 6.79. The van der Waals surface area contributed by atoms with Crippen molar-refractivity contribution in [3.8, 4) is 17.6 Å². The molecule has 7 heteroatoms. The van der Waals surface area contributed by atoms with Crippen molar-refractivity contribution in [2.45, 2.75) is 52.2 Å². The second-order valence-corrected chi connectivity index (χ2v) is 9.96. The van der Waals surface area contributed by atoms with Gasteiger partial charge in [0.2, 0.25) is 0 Å². The van der Waals surface area contributed by atoms with Gasteiger partial charge in [0.15, 0.2) is 11.5 Å². The highest BCUT2D eigenvalue weighted by atomic mass is 79.9. The van der Waals surface area contributed by atoms with E-state index in [1.54, 1.807) is 12.1 Å². The van der Waals surface area contributed by atoms with Crippen LogP contribution in [0.5, 0.6) is 11.5 Å². The maximum Gasteiger partial charge on any atom is 0.262 e. The Morgan fingerprint density at radius 1 is 1.18 bits per heavy atom. The highest BCUT2D eigenvalue weighted by Gasteiger charge is 2.24. The lowest BCUT2D eigenvalue weighted by atomic mass is 9.86. The van der Waals surface area contributed by atoms with Gasteiger partial charge >= 0.3 is 0 Å².